The number of ether oxygens (including phenoxy) is 4. The van der Waals surface area contributed by atoms with E-state index in [1.165, 1.54) is 18.8 Å². The van der Waals surface area contributed by atoms with E-state index in [4.69, 9.17) is 20.5 Å². The molecule has 0 saturated heterocycles. The average Bonchev–Trinajstić information content (AvgIpc) is 2.41. The van der Waals surface area contributed by atoms with Crippen LogP contribution in [0.2, 0.25) is 0 Å². The third-order valence-corrected chi connectivity index (χ3v) is 2.00. The third-order valence-electron chi connectivity index (χ3n) is 2.00. The Morgan fingerprint density at radius 1 is 1.16 bits per heavy atom. The van der Waals surface area contributed by atoms with Crippen LogP contribution in [0.15, 0.2) is 0 Å². The third kappa shape index (κ3) is 7.30. The zero-order valence-electron chi connectivity index (χ0n) is 10.4. The van der Waals surface area contributed by atoms with Gasteiger partial charge in [0.15, 0.2) is 0 Å². The highest BCUT2D eigenvalue weighted by atomic mass is 16.7. The van der Waals surface area contributed by atoms with Gasteiger partial charge in [-0.2, -0.15) is 15.8 Å². The largest absolute Gasteiger partial charge is 0.428 e. The fraction of sp³-hybridized carbons (Fsp3) is 0.636. The summed E-state index contributed by atoms with van der Waals surface area (Å²) in [7, 11) is 0. The van der Waals surface area contributed by atoms with Crippen molar-refractivity contribution in [2.24, 2.45) is 0 Å². The lowest BCUT2D eigenvalue weighted by atomic mass is 10.2. The molecule has 8 nitrogen and oxygen atoms in total. The van der Waals surface area contributed by atoms with Crippen molar-refractivity contribution >= 4 is 5.97 Å². The molecule has 2 atom stereocenters. The normalized spacial score (nSPS) is 11.9. The van der Waals surface area contributed by atoms with Gasteiger partial charge in [0.05, 0.1) is 0 Å². The number of nitrogens with zero attached hydrogens (tertiary/aromatic N) is 3. The molecule has 0 aromatic rings. The summed E-state index contributed by atoms with van der Waals surface area (Å²) in [5.41, 5.74) is 0. The van der Waals surface area contributed by atoms with Gasteiger partial charge in [0, 0.05) is 6.42 Å². The number of rotatable bonds is 9. The van der Waals surface area contributed by atoms with E-state index in [0.717, 1.165) is 0 Å². The predicted octanol–water partition coefficient (Wildman–Crippen LogP) is 0.908. The number of esters is 1. The van der Waals surface area contributed by atoms with E-state index in [9.17, 15) is 4.79 Å². The standard InChI is InChI=1S/C11H13N3O5/c1-2-10(18-8-14)19-11(15)9(17-7-13)4-3-5-16-6-12/h9-10H,2-5H2,1H3. The Bertz CT molecular complexity index is 393. The van der Waals surface area contributed by atoms with Gasteiger partial charge in [-0.15, -0.1) is 0 Å². The topological polar surface area (TPSA) is 125 Å². The monoisotopic (exact) mass is 267 g/mol. The van der Waals surface area contributed by atoms with Crippen molar-refractivity contribution in [2.45, 2.75) is 38.6 Å². The lowest BCUT2D eigenvalue weighted by molar-refractivity contribution is -0.177. The summed E-state index contributed by atoms with van der Waals surface area (Å²) in [6.07, 6.45) is 2.96. The highest BCUT2D eigenvalue weighted by Crippen LogP contribution is 2.09. The van der Waals surface area contributed by atoms with E-state index in [1.54, 1.807) is 6.92 Å². The Morgan fingerprint density at radius 3 is 2.37 bits per heavy atom. The smallest absolute Gasteiger partial charge is 0.351 e. The first-order valence-corrected chi connectivity index (χ1v) is 5.50. The molecule has 2 unspecified atom stereocenters. The molecule has 0 amide bonds. The second-order valence-electron chi connectivity index (χ2n) is 3.26. The maximum absolute atomic E-state index is 11.6. The molecule has 0 N–H and O–H groups in total. The van der Waals surface area contributed by atoms with E-state index < -0.39 is 18.4 Å². The fourth-order valence-corrected chi connectivity index (χ4v) is 1.13. The summed E-state index contributed by atoms with van der Waals surface area (Å²) >= 11 is 0. The molecular weight excluding hydrogens is 254 g/mol. The van der Waals surface area contributed by atoms with Crippen molar-refractivity contribution in [1.82, 2.24) is 0 Å². The molecule has 0 bridgehead atoms. The van der Waals surface area contributed by atoms with Crippen LogP contribution < -0.4 is 0 Å². The van der Waals surface area contributed by atoms with Crippen LogP contribution in [-0.4, -0.2) is 25.0 Å². The number of hydrogen-bond acceptors (Lipinski definition) is 8. The molecule has 0 spiro atoms. The minimum Gasteiger partial charge on any atom is -0.428 e. The van der Waals surface area contributed by atoms with Gasteiger partial charge in [-0.25, -0.2) is 4.79 Å². The van der Waals surface area contributed by atoms with Crippen LogP contribution in [0.1, 0.15) is 26.2 Å². The van der Waals surface area contributed by atoms with E-state index in [-0.39, 0.29) is 19.4 Å². The van der Waals surface area contributed by atoms with Crippen molar-refractivity contribution in [2.75, 3.05) is 6.61 Å². The molecule has 0 aliphatic rings. The Labute approximate surface area is 110 Å². The van der Waals surface area contributed by atoms with Crippen LogP contribution in [0.25, 0.3) is 0 Å². The summed E-state index contributed by atoms with van der Waals surface area (Å²) < 4.78 is 18.3. The number of nitriles is 3. The molecule has 0 aromatic heterocycles. The van der Waals surface area contributed by atoms with E-state index in [0.29, 0.717) is 6.42 Å². The maximum Gasteiger partial charge on any atom is 0.351 e. The zero-order chi connectivity index (χ0) is 14.5. The average molecular weight is 267 g/mol. The number of carbonyl (C=O) groups excluding carboxylic acids is 1. The minimum absolute atomic E-state index is 0.112. The first-order valence-electron chi connectivity index (χ1n) is 5.50. The fourth-order valence-electron chi connectivity index (χ4n) is 1.13. The first-order chi connectivity index (χ1) is 9.19. The molecule has 102 valence electrons. The molecule has 0 aromatic carbocycles. The highest BCUT2D eigenvalue weighted by Gasteiger charge is 2.25. The number of carbonyl (C=O) groups is 1. The van der Waals surface area contributed by atoms with Crippen LogP contribution >= 0.6 is 0 Å². The molecule has 0 rings (SSSR count). The summed E-state index contributed by atoms with van der Waals surface area (Å²) in [6, 6.07) is 0. The van der Waals surface area contributed by atoms with Crippen molar-refractivity contribution in [1.29, 1.82) is 15.8 Å². The van der Waals surface area contributed by atoms with E-state index in [1.807, 2.05) is 0 Å². The molecule has 19 heavy (non-hydrogen) atoms. The summed E-state index contributed by atoms with van der Waals surface area (Å²) in [5.74, 6) is -0.805. The lowest BCUT2D eigenvalue weighted by Gasteiger charge is -2.17. The number of hydrogen-bond donors (Lipinski definition) is 0. The minimum atomic E-state index is -1.11. The molecule has 0 aliphatic heterocycles. The zero-order valence-corrected chi connectivity index (χ0v) is 10.4. The molecule has 0 heterocycles. The molecule has 8 heteroatoms. The maximum atomic E-state index is 11.6. The van der Waals surface area contributed by atoms with Crippen molar-refractivity contribution in [3.05, 3.63) is 0 Å². The van der Waals surface area contributed by atoms with Gasteiger partial charge < -0.3 is 18.9 Å². The lowest BCUT2D eigenvalue weighted by Crippen LogP contribution is -2.30. The molecular formula is C11H13N3O5. The molecule has 0 saturated carbocycles. The predicted molar refractivity (Wildman–Crippen MR) is 58.2 cm³/mol. The summed E-state index contributed by atoms with van der Waals surface area (Å²) in [5, 5.41) is 24.9. The van der Waals surface area contributed by atoms with Crippen LogP contribution in [-0.2, 0) is 23.7 Å². The molecule has 0 fully saturated rings. The quantitative estimate of drug-likeness (QED) is 0.261. The van der Waals surface area contributed by atoms with Gasteiger partial charge in [-0.05, 0) is 12.8 Å². The second-order valence-corrected chi connectivity index (χ2v) is 3.26. The van der Waals surface area contributed by atoms with Crippen molar-refractivity contribution in [3.63, 3.8) is 0 Å². The summed E-state index contributed by atoms with van der Waals surface area (Å²) in [6.45, 7) is 1.77. The molecule has 0 radical (unpaired) electrons. The van der Waals surface area contributed by atoms with E-state index in [2.05, 4.69) is 14.2 Å². The van der Waals surface area contributed by atoms with E-state index >= 15 is 0 Å². The Kier molecular flexibility index (Phi) is 9.02. The van der Waals surface area contributed by atoms with Gasteiger partial charge in [0.1, 0.15) is 6.61 Å². The SMILES string of the molecule is CCC(OC#N)OC(=O)C(CCCOC#N)OC#N. The molecule has 0 aliphatic carbocycles. The van der Waals surface area contributed by atoms with Crippen LogP contribution in [0.5, 0.6) is 0 Å². The van der Waals surface area contributed by atoms with Gasteiger partial charge in [0.25, 0.3) is 25.1 Å². The first kappa shape index (κ1) is 16.3. The Balaban J connectivity index is 4.29. The summed E-state index contributed by atoms with van der Waals surface area (Å²) in [4.78, 5) is 11.6. The Hall–Kier alpha value is -2.66. The van der Waals surface area contributed by atoms with Crippen LogP contribution in [0.4, 0.5) is 0 Å². The Morgan fingerprint density at radius 2 is 1.84 bits per heavy atom. The van der Waals surface area contributed by atoms with Crippen molar-refractivity contribution in [3.8, 4) is 18.8 Å². The van der Waals surface area contributed by atoms with Gasteiger partial charge in [0.2, 0.25) is 6.10 Å². The van der Waals surface area contributed by atoms with Gasteiger partial charge in [-0.1, -0.05) is 6.92 Å². The van der Waals surface area contributed by atoms with Crippen LogP contribution in [0.3, 0.4) is 0 Å². The van der Waals surface area contributed by atoms with Crippen LogP contribution in [0, 0.1) is 34.6 Å². The van der Waals surface area contributed by atoms with Gasteiger partial charge >= 0.3 is 5.97 Å². The van der Waals surface area contributed by atoms with Gasteiger partial charge in [-0.3, -0.25) is 0 Å². The highest BCUT2D eigenvalue weighted by molar-refractivity contribution is 5.74. The second kappa shape index (κ2) is 10.5. The van der Waals surface area contributed by atoms with Crippen molar-refractivity contribution < 1.29 is 23.7 Å².